The van der Waals surface area contributed by atoms with Gasteiger partial charge in [0.15, 0.2) is 0 Å². The van der Waals surface area contributed by atoms with E-state index in [1.54, 1.807) is 42.5 Å². The number of hydrogen-bond acceptors (Lipinski definition) is 4. The van der Waals surface area contributed by atoms with Gasteiger partial charge in [0.2, 0.25) is 11.8 Å². The second-order valence-electron chi connectivity index (χ2n) is 10.9. The summed E-state index contributed by atoms with van der Waals surface area (Å²) in [6, 6.07) is 19.7. The monoisotopic (exact) mass is 583 g/mol. The summed E-state index contributed by atoms with van der Waals surface area (Å²) in [6.07, 6.45) is 0.326. The fourth-order valence-electron chi connectivity index (χ4n) is 4.50. The molecule has 214 valence electrons. The van der Waals surface area contributed by atoms with Crippen LogP contribution in [0.3, 0.4) is 0 Å². The van der Waals surface area contributed by atoms with Crippen LogP contribution in [0.2, 0.25) is 5.02 Å². The van der Waals surface area contributed by atoms with E-state index >= 15 is 0 Å². The Morgan fingerprint density at radius 3 is 2.15 bits per heavy atom. The molecular weight excluding hydrogens is 546 g/mol. The van der Waals surface area contributed by atoms with Gasteiger partial charge in [-0.2, -0.15) is 0 Å². The highest BCUT2D eigenvalue weighted by atomic mass is 35.5. The van der Waals surface area contributed by atoms with Crippen molar-refractivity contribution >= 4 is 39.1 Å². The molecule has 3 aromatic rings. The number of anilines is 1. The van der Waals surface area contributed by atoms with Gasteiger partial charge in [0.25, 0.3) is 10.0 Å². The van der Waals surface area contributed by atoms with Gasteiger partial charge in [0.1, 0.15) is 12.6 Å². The Kier molecular flexibility index (Phi) is 10.0. The Morgan fingerprint density at radius 1 is 0.950 bits per heavy atom. The molecule has 1 atom stereocenters. The van der Waals surface area contributed by atoms with E-state index < -0.39 is 34.1 Å². The molecule has 0 fully saturated rings. The molecule has 0 bridgehead atoms. The molecule has 2 amide bonds. The van der Waals surface area contributed by atoms with Crippen LogP contribution in [0.5, 0.6) is 0 Å². The molecule has 0 saturated heterocycles. The zero-order valence-corrected chi connectivity index (χ0v) is 25.5. The zero-order chi connectivity index (χ0) is 29.7. The third-order valence-corrected chi connectivity index (χ3v) is 8.56. The summed E-state index contributed by atoms with van der Waals surface area (Å²) >= 11 is 6.45. The Bertz CT molecular complexity index is 1450. The number of benzene rings is 3. The summed E-state index contributed by atoms with van der Waals surface area (Å²) in [5.74, 6) is -0.838. The van der Waals surface area contributed by atoms with Crippen LogP contribution < -0.4 is 9.62 Å². The second-order valence-corrected chi connectivity index (χ2v) is 13.2. The molecule has 0 aromatic heterocycles. The molecule has 1 N–H and O–H groups in total. The number of hydrogen-bond donors (Lipinski definition) is 1. The van der Waals surface area contributed by atoms with Crippen molar-refractivity contribution in [2.45, 2.75) is 71.0 Å². The molecule has 0 aliphatic heterocycles. The molecule has 0 radical (unpaired) electrons. The number of carbonyl (C=O) groups is 2. The Morgan fingerprint density at radius 2 is 1.57 bits per heavy atom. The fourth-order valence-corrected chi connectivity index (χ4v) is 6.20. The predicted molar refractivity (Wildman–Crippen MR) is 161 cm³/mol. The van der Waals surface area contributed by atoms with Gasteiger partial charge in [0.05, 0.1) is 10.6 Å². The Balaban J connectivity index is 2.11. The minimum atomic E-state index is -4.12. The highest BCUT2D eigenvalue weighted by molar-refractivity contribution is 7.92. The van der Waals surface area contributed by atoms with Gasteiger partial charge in [-0.3, -0.25) is 13.9 Å². The van der Waals surface area contributed by atoms with E-state index in [9.17, 15) is 18.0 Å². The summed E-state index contributed by atoms with van der Waals surface area (Å²) in [5.41, 5.74) is 2.21. The number of halogens is 1. The van der Waals surface area contributed by atoms with Crippen molar-refractivity contribution in [1.29, 1.82) is 0 Å². The van der Waals surface area contributed by atoms with E-state index in [1.165, 1.54) is 17.0 Å². The van der Waals surface area contributed by atoms with Crippen molar-refractivity contribution in [3.8, 4) is 0 Å². The third-order valence-electron chi connectivity index (χ3n) is 6.41. The van der Waals surface area contributed by atoms with E-state index in [1.807, 2.05) is 59.7 Å². The summed E-state index contributed by atoms with van der Waals surface area (Å²) in [5, 5.41) is 3.42. The van der Waals surface area contributed by atoms with E-state index in [-0.39, 0.29) is 17.3 Å². The van der Waals surface area contributed by atoms with Crippen molar-refractivity contribution < 1.29 is 18.0 Å². The van der Waals surface area contributed by atoms with Crippen LogP contribution in [0, 0.1) is 13.8 Å². The van der Waals surface area contributed by atoms with E-state index in [0.29, 0.717) is 28.3 Å². The van der Waals surface area contributed by atoms with Gasteiger partial charge in [-0.05, 0) is 76.4 Å². The Labute approximate surface area is 243 Å². The molecule has 0 saturated carbocycles. The SMILES string of the molecule is CC[C@@H](C(=O)NC(C)(C)C)N(Cc1ccccc1Cl)C(=O)CN(c1ccc(C)cc1C)S(=O)(=O)c1ccccc1. The van der Waals surface area contributed by atoms with Crippen molar-refractivity contribution in [2.75, 3.05) is 10.8 Å². The molecule has 9 heteroatoms. The van der Waals surface area contributed by atoms with E-state index in [4.69, 9.17) is 11.6 Å². The van der Waals surface area contributed by atoms with Crippen LogP contribution in [0.25, 0.3) is 0 Å². The van der Waals surface area contributed by atoms with Crippen LogP contribution in [-0.4, -0.2) is 43.3 Å². The lowest BCUT2D eigenvalue weighted by molar-refractivity contribution is -0.141. The van der Waals surface area contributed by atoms with Gasteiger partial charge in [-0.25, -0.2) is 8.42 Å². The number of nitrogens with zero attached hydrogens (tertiary/aromatic N) is 2. The molecule has 0 aliphatic rings. The highest BCUT2D eigenvalue weighted by Crippen LogP contribution is 2.29. The second kappa shape index (κ2) is 12.9. The first-order valence-corrected chi connectivity index (χ1v) is 15.1. The van der Waals surface area contributed by atoms with Gasteiger partial charge >= 0.3 is 0 Å². The average molecular weight is 584 g/mol. The normalized spacial score (nSPS) is 12.5. The van der Waals surface area contributed by atoms with Gasteiger partial charge in [0, 0.05) is 17.1 Å². The van der Waals surface area contributed by atoms with Crippen LogP contribution in [0.4, 0.5) is 5.69 Å². The minimum Gasteiger partial charge on any atom is -0.350 e. The van der Waals surface area contributed by atoms with Gasteiger partial charge in [-0.15, -0.1) is 0 Å². The van der Waals surface area contributed by atoms with Gasteiger partial charge in [-0.1, -0.05) is 72.6 Å². The van der Waals surface area contributed by atoms with E-state index in [2.05, 4.69) is 5.32 Å². The van der Waals surface area contributed by atoms with Crippen LogP contribution in [0.15, 0.2) is 77.7 Å². The lowest BCUT2D eigenvalue weighted by atomic mass is 10.1. The first-order chi connectivity index (χ1) is 18.7. The maximum absolute atomic E-state index is 14.2. The quantitative estimate of drug-likeness (QED) is 0.323. The molecule has 0 heterocycles. The number of aryl methyl sites for hydroxylation is 2. The summed E-state index contributed by atoms with van der Waals surface area (Å²) in [4.78, 5) is 29.1. The minimum absolute atomic E-state index is 0.0423. The molecule has 3 rings (SSSR count). The average Bonchev–Trinajstić information content (AvgIpc) is 2.88. The molecule has 40 heavy (non-hydrogen) atoms. The third kappa shape index (κ3) is 7.64. The van der Waals surface area contributed by atoms with Crippen molar-refractivity contribution in [2.24, 2.45) is 0 Å². The van der Waals surface area contributed by atoms with Crippen LogP contribution in [0.1, 0.15) is 50.8 Å². The molecule has 0 aliphatic carbocycles. The maximum atomic E-state index is 14.2. The molecule has 0 unspecified atom stereocenters. The first-order valence-electron chi connectivity index (χ1n) is 13.2. The van der Waals surface area contributed by atoms with Crippen molar-refractivity contribution in [3.63, 3.8) is 0 Å². The zero-order valence-electron chi connectivity index (χ0n) is 23.9. The van der Waals surface area contributed by atoms with Crippen molar-refractivity contribution in [3.05, 3.63) is 94.5 Å². The van der Waals surface area contributed by atoms with Crippen molar-refractivity contribution in [1.82, 2.24) is 10.2 Å². The predicted octanol–water partition coefficient (Wildman–Crippen LogP) is 5.87. The largest absolute Gasteiger partial charge is 0.350 e. The number of sulfonamides is 1. The van der Waals surface area contributed by atoms with Crippen LogP contribution in [-0.2, 0) is 26.2 Å². The van der Waals surface area contributed by atoms with Gasteiger partial charge < -0.3 is 10.2 Å². The topological polar surface area (TPSA) is 86.8 Å². The summed E-state index contributed by atoms with van der Waals surface area (Å²) in [6.45, 7) is 10.7. The standard InChI is InChI=1S/C31H38ClN3O4S/c1-7-27(30(37)33-31(4,5)6)34(20-24-13-11-12-16-26(24)32)29(36)21-35(28-18-17-22(2)19-23(28)3)40(38,39)25-14-9-8-10-15-25/h8-19,27H,7,20-21H2,1-6H3,(H,33,37)/t27-/m0/s1. The Hall–Kier alpha value is -3.36. The molecule has 7 nitrogen and oxygen atoms in total. The first kappa shape index (κ1) is 31.2. The molecule has 3 aromatic carbocycles. The maximum Gasteiger partial charge on any atom is 0.264 e. The summed E-state index contributed by atoms with van der Waals surface area (Å²) < 4.78 is 29.0. The molecule has 0 spiro atoms. The van der Waals surface area contributed by atoms with E-state index in [0.717, 1.165) is 9.87 Å². The number of carbonyl (C=O) groups excluding carboxylic acids is 2. The smallest absolute Gasteiger partial charge is 0.264 e. The lowest BCUT2D eigenvalue weighted by Crippen LogP contribution is -2.55. The summed E-state index contributed by atoms with van der Waals surface area (Å²) in [7, 11) is -4.12. The number of nitrogens with one attached hydrogen (secondary N) is 1. The number of amides is 2. The molecular formula is C31H38ClN3O4S. The van der Waals surface area contributed by atoms with Crippen LogP contribution >= 0.6 is 11.6 Å². The highest BCUT2D eigenvalue weighted by Gasteiger charge is 2.35. The lowest BCUT2D eigenvalue weighted by Gasteiger charge is -2.35. The number of rotatable bonds is 10. The fraction of sp³-hybridized carbons (Fsp3) is 0.355.